The van der Waals surface area contributed by atoms with Crippen LogP contribution in [0.25, 0.3) is 11.7 Å². The van der Waals surface area contributed by atoms with Crippen LogP contribution in [-0.4, -0.2) is 44.1 Å². The number of aryl methyl sites for hydroxylation is 1. The first-order valence-electron chi connectivity index (χ1n) is 11.2. The fraction of sp³-hybridized carbons (Fsp3) is 0.500. The number of pyridine rings is 1. The van der Waals surface area contributed by atoms with Crippen molar-refractivity contribution < 1.29 is 4.79 Å². The number of piperidine rings is 1. The summed E-state index contributed by atoms with van der Waals surface area (Å²) in [5.74, 6) is 1.85. The largest absolute Gasteiger partial charge is 0.355 e. The number of carbonyl (C=O) groups is 1. The molecule has 8 heteroatoms. The Morgan fingerprint density at radius 3 is 2.59 bits per heavy atom. The van der Waals surface area contributed by atoms with Crippen LogP contribution in [0.5, 0.6) is 0 Å². The Hall–Kier alpha value is -2.19. The number of aromatic nitrogens is 2. The van der Waals surface area contributed by atoms with Crippen molar-refractivity contribution >= 4 is 51.7 Å². The Labute approximate surface area is 198 Å². The van der Waals surface area contributed by atoms with E-state index < -0.39 is 0 Å². The summed E-state index contributed by atoms with van der Waals surface area (Å²) >= 11 is 6.73. The molecule has 0 aliphatic carbocycles. The number of nitrogens with zero attached hydrogens (tertiary/aromatic N) is 4. The van der Waals surface area contributed by atoms with E-state index in [1.807, 2.05) is 19.1 Å². The van der Waals surface area contributed by atoms with Gasteiger partial charge in [0.25, 0.3) is 11.5 Å². The van der Waals surface area contributed by atoms with Crippen LogP contribution in [-0.2, 0) is 4.79 Å². The van der Waals surface area contributed by atoms with Gasteiger partial charge in [0.05, 0.1) is 10.5 Å². The molecule has 1 amide bonds. The van der Waals surface area contributed by atoms with Crippen molar-refractivity contribution in [3.8, 4) is 0 Å². The zero-order chi connectivity index (χ0) is 23.2. The zero-order valence-electron chi connectivity index (χ0n) is 19.3. The molecule has 4 heterocycles. The summed E-state index contributed by atoms with van der Waals surface area (Å²) in [4.78, 5) is 36.0. The maximum atomic E-state index is 13.6. The Bertz CT molecular complexity index is 1160. The Balaban J connectivity index is 1.87. The molecule has 0 bridgehead atoms. The quantitative estimate of drug-likeness (QED) is 0.489. The molecular weight excluding hydrogens is 440 g/mol. The number of hydrogen-bond acceptors (Lipinski definition) is 6. The van der Waals surface area contributed by atoms with Gasteiger partial charge in [0.1, 0.15) is 15.8 Å². The predicted octanol–water partition coefficient (Wildman–Crippen LogP) is 4.34. The van der Waals surface area contributed by atoms with Crippen LogP contribution in [0.3, 0.4) is 0 Å². The molecule has 0 N–H and O–H groups in total. The summed E-state index contributed by atoms with van der Waals surface area (Å²) in [6.45, 7) is 12.8. The number of thioether (sulfide) groups is 1. The standard InChI is InChI=1S/C24H30N4O2S2/c1-14(2)11-28-23(30)19(32-24(28)31)10-18-21(26-12-15(3)9-16(4)13-26)25-20-17(5)7-6-8-27(20)22(18)29/h6-8,10,14-16H,9,11-13H2,1-5H3/b19-10+/t15-,16+. The highest BCUT2D eigenvalue weighted by Gasteiger charge is 2.34. The van der Waals surface area contributed by atoms with E-state index in [1.54, 1.807) is 21.6 Å². The van der Waals surface area contributed by atoms with Gasteiger partial charge in [-0.15, -0.1) is 0 Å². The molecule has 0 radical (unpaired) electrons. The van der Waals surface area contributed by atoms with Crippen molar-refractivity contribution in [3.05, 3.63) is 44.7 Å². The number of anilines is 1. The first-order chi connectivity index (χ1) is 15.2. The van der Waals surface area contributed by atoms with E-state index >= 15 is 0 Å². The topological polar surface area (TPSA) is 57.9 Å². The third-order valence-corrected chi connectivity index (χ3v) is 7.31. The summed E-state index contributed by atoms with van der Waals surface area (Å²) in [5, 5.41) is 0. The van der Waals surface area contributed by atoms with Gasteiger partial charge in [0.2, 0.25) is 0 Å². The van der Waals surface area contributed by atoms with E-state index in [4.69, 9.17) is 17.2 Å². The maximum Gasteiger partial charge on any atom is 0.267 e. The van der Waals surface area contributed by atoms with Crippen LogP contribution in [0.15, 0.2) is 28.0 Å². The van der Waals surface area contributed by atoms with Crippen molar-refractivity contribution in [1.29, 1.82) is 0 Å². The van der Waals surface area contributed by atoms with Gasteiger partial charge in [-0.1, -0.05) is 57.7 Å². The van der Waals surface area contributed by atoms with Crippen LogP contribution in [0, 0.1) is 24.7 Å². The number of carbonyl (C=O) groups excluding carboxylic acids is 1. The SMILES string of the molecule is Cc1cccn2c(=O)c(/C=C3/SC(=S)N(CC(C)C)C3=O)c(N3C[C@H](C)C[C@H](C)C3)nc12. The van der Waals surface area contributed by atoms with Crippen LogP contribution >= 0.6 is 24.0 Å². The Kier molecular flexibility index (Phi) is 6.45. The molecule has 2 aliphatic heterocycles. The molecule has 2 atom stereocenters. The normalized spacial score (nSPS) is 23.2. The fourth-order valence-electron chi connectivity index (χ4n) is 4.66. The Morgan fingerprint density at radius 2 is 1.94 bits per heavy atom. The molecule has 2 aliphatic rings. The minimum absolute atomic E-state index is 0.131. The van der Waals surface area contributed by atoms with Gasteiger partial charge in [-0.3, -0.25) is 18.9 Å². The van der Waals surface area contributed by atoms with Crippen molar-refractivity contribution in [1.82, 2.24) is 14.3 Å². The Morgan fingerprint density at radius 1 is 1.25 bits per heavy atom. The lowest BCUT2D eigenvalue weighted by atomic mass is 9.91. The second-order valence-corrected chi connectivity index (χ2v) is 11.3. The molecule has 170 valence electrons. The van der Waals surface area contributed by atoms with Gasteiger partial charge in [0, 0.05) is 25.8 Å². The van der Waals surface area contributed by atoms with Gasteiger partial charge in [-0.25, -0.2) is 4.98 Å². The molecule has 2 saturated heterocycles. The minimum Gasteiger partial charge on any atom is -0.355 e. The zero-order valence-corrected chi connectivity index (χ0v) is 20.9. The highest BCUT2D eigenvalue weighted by atomic mass is 32.2. The highest BCUT2D eigenvalue weighted by molar-refractivity contribution is 8.26. The summed E-state index contributed by atoms with van der Waals surface area (Å²) in [6.07, 6.45) is 4.61. The number of fused-ring (bicyclic) bond motifs is 1. The van der Waals surface area contributed by atoms with E-state index in [-0.39, 0.29) is 11.5 Å². The molecule has 4 rings (SSSR count). The first-order valence-corrected chi connectivity index (χ1v) is 12.4. The lowest BCUT2D eigenvalue weighted by Gasteiger charge is -2.36. The molecule has 2 aromatic heterocycles. The lowest BCUT2D eigenvalue weighted by Crippen LogP contribution is -2.40. The highest BCUT2D eigenvalue weighted by Crippen LogP contribution is 2.35. The maximum absolute atomic E-state index is 13.6. The molecule has 0 unspecified atom stereocenters. The van der Waals surface area contributed by atoms with Gasteiger partial charge >= 0.3 is 0 Å². The second kappa shape index (κ2) is 8.98. The smallest absolute Gasteiger partial charge is 0.267 e. The molecule has 0 aromatic carbocycles. The predicted molar refractivity (Wildman–Crippen MR) is 136 cm³/mol. The second-order valence-electron chi connectivity index (χ2n) is 9.58. The number of amides is 1. The van der Waals surface area contributed by atoms with E-state index in [0.717, 1.165) is 25.1 Å². The molecule has 2 aromatic rings. The van der Waals surface area contributed by atoms with Gasteiger partial charge < -0.3 is 4.90 Å². The van der Waals surface area contributed by atoms with Crippen molar-refractivity contribution in [2.45, 2.75) is 41.0 Å². The average Bonchev–Trinajstić information content (AvgIpc) is 2.96. The van der Waals surface area contributed by atoms with Gasteiger partial charge in [-0.05, 0) is 48.8 Å². The molecular formula is C24H30N4O2S2. The fourth-order valence-corrected chi connectivity index (χ4v) is 5.91. The van der Waals surface area contributed by atoms with Gasteiger partial charge in [-0.2, -0.15) is 0 Å². The van der Waals surface area contributed by atoms with Crippen molar-refractivity contribution in [2.24, 2.45) is 17.8 Å². The summed E-state index contributed by atoms with van der Waals surface area (Å²) in [5.41, 5.74) is 1.90. The summed E-state index contributed by atoms with van der Waals surface area (Å²) in [7, 11) is 0. The third kappa shape index (κ3) is 4.35. The average molecular weight is 471 g/mol. The van der Waals surface area contributed by atoms with Crippen LogP contribution in [0.2, 0.25) is 0 Å². The lowest BCUT2D eigenvalue weighted by molar-refractivity contribution is -0.122. The van der Waals surface area contributed by atoms with Crippen LogP contribution in [0.1, 0.15) is 45.2 Å². The molecule has 2 fully saturated rings. The summed E-state index contributed by atoms with van der Waals surface area (Å²) < 4.78 is 2.12. The van der Waals surface area contributed by atoms with Crippen molar-refractivity contribution in [2.75, 3.05) is 24.5 Å². The molecule has 6 nitrogen and oxygen atoms in total. The van der Waals surface area contributed by atoms with E-state index in [2.05, 4.69) is 32.6 Å². The number of hydrogen-bond donors (Lipinski definition) is 0. The number of thiocarbonyl (C=S) groups is 1. The van der Waals surface area contributed by atoms with Crippen LogP contribution < -0.4 is 10.5 Å². The minimum atomic E-state index is -0.159. The van der Waals surface area contributed by atoms with E-state index in [9.17, 15) is 9.59 Å². The molecule has 0 saturated carbocycles. The molecule has 32 heavy (non-hydrogen) atoms. The number of rotatable bonds is 4. The van der Waals surface area contributed by atoms with E-state index in [0.29, 0.717) is 50.6 Å². The first kappa shape index (κ1) is 23.0. The van der Waals surface area contributed by atoms with Gasteiger partial charge in [0.15, 0.2) is 0 Å². The van der Waals surface area contributed by atoms with Crippen LogP contribution in [0.4, 0.5) is 5.82 Å². The third-order valence-electron chi connectivity index (χ3n) is 5.93. The summed E-state index contributed by atoms with van der Waals surface area (Å²) in [6, 6.07) is 3.81. The van der Waals surface area contributed by atoms with Crippen molar-refractivity contribution in [3.63, 3.8) is 0 Å². The molecule has 0 spiro atoms. The van der Waals surface area contributed by atoms with E-state index in [1.165, 1.54) is 11.8 Å². The monoisotopic (exact) mass is 470 g/mol.